The largest absolute Gasteiger partial charge is 0.493 e. The van der Waals surface area contributed by atoms with Gasteiger partial charge in [-0.2, -0.15) is 0 Å². The van der Waals surface area contributed by atoms with Gasteiger partial charge in [-0.25, -0.2) is 4.79 Å². The van der Waals surface area contributed by atoms with Crippen LogP contribution in [-0.4, -0.2) is 67.8 Å². The molecule has 1 aromatic rings. The number of carbonyl (C=O) groups excluding carboxylic acids is 2. The highest BCUT2D eigenvalue weighted by Gasteiger charge is 2.25. The van der Waals surface area contributed by atoms with Crippen LogP contribution in [-0.2, 0) is 16.0 Å². The summed E-state index contributed by atoms with van der Waals surface area (Å²) in [6, 6.07) is 5.70. The Morgan fingerprint density at radius 2 is 1.61 bits per heavy atom. The molecular weight excluding hydrogens is 360 g/mol. The summed E-state index contributed by atoms with van der Waals surface area (Å²) in [7, 11) is 3.20. The van der Waals surface area contributed by atoms with Crippen LogP contribution < -0.4 is 9.47 Å². The molecule has 156 valence electrons. The lowest BCUT2D eigenvalue weighted by atomic mass is 10.1. The van der Waals surface area contributed by atoms with E-state index < -0.39 is 5.60 Å². The number of amides is 2. The van der Waals surface area contributed by atoms with Gasteiger partial charge >= 0.3 is 6.09 Å². The maximum atomic E-state index is 12.6. The zero-order valence-electron chi connectivity index (χ0n) is 17.6. The van der Waals surface area contributed by atoms with Gasteiger partial charge in [-0.15, -0.1) is 0 Å². The molecule has 1 fully saturated rings. The maximum Gasteiger partial charge on any atom is 0.410 e. The van der Waals surface area contributed by atoms with Crippen LogP contribution in [0.25, 0.3) is 0 Å². The first-order valence-corrected chi connectivity index (χ1v) is 9.70. The summed E-state index contributed by atoms with van der Waals surface area (Å²) < 4.78 is 16.0. The molecule has 2 amide bonds. The van der Waals surface area contributed by atoms with Gasteiger partial charge in [-0.3, -0.25) is 4.79 Å². The fraction of sp³-hybridized carbons (Fsp3) is 0.619. The van der Waals surface area contributed by atoms with Crippen LogP contribution in [0.1, 0.15) is 39.2 Å². The average molecular weight is 392 g/mol. The Morgan fingerprint density at radius 1 is 0.964 bits per heavy atom. The highest BCUT2D eigenvalue weighted by Crippen LogP contribution is 2.28. The SMILES string of the molecule is COc1ccc(CCC(=O)N2CCCN(C(=O)OC(C)(C)C)CC2)cc1OC. The molecule has 0 spiro atoms. The number of rotatable bonds is 5. The van der Waals surface area contributed by atoms with Gasteiger partial charge in [0.2, 0.25) is 5.91 Å². The number of hydrogen-bond donors (Lipinski definition) is 0. The third kappa shape index (κ3) is 6.32. The normalized spacial score (nSPS) is 15.0. The van der Waals surface area contributed by atoms with Crippen LogP contribution in [0.4, 0.5) is 4.79 Å². The fourth-order valence-corrected chi connectivity index (χ4v) is 3.12. The number of methoxy groups -OCH3 is 2. The van der Waals surface area contributed by atoms with Gasteiger partial charge in [0.1, 0.15) is 5.60 Å². The van der Waals surface area contributed by atoms with Crippen molar-refractivity contribution in [2.24, 2.45) is 0 Å². The molecule has 0 bridgehead atoms. The van der Waals surface area contributed by atoms with Crippen molar-refractivity contribution in [3.05, 3.63) is 23.8 Å². The molecular formula is C21H32N2O5. The summed E-state index contributed by atoms with van der Waals surface area (Å²) >= 11 is 0. The van der Waals surface area contributed by atoms with Gasteiger partial charge in [0, 0.05) is 32.6 Å². The second-order valence-electron chi connectivity index (χ2n) is 7.89. The number of hydrogen-bond acceptors (Lipinski definition) is 5. The van der Waals surface area contributed by atoms with Gasteiger partial charge in [0.05, 0.1) is 14.2 Å². The van der Waals surface area contributed by atoms with E-state index >= 15 is 0 Å². The Morgan fingerprint density at radius 3 is 2.25 bits per heavy atom. The Bertz CT molecular complexity index is 684. The molecule has 1 saturated heterocycles. The van der Waals surface area contributed by atoms with Crippen molar-refractivity contribution in [1.29, 1.82) is 0 Å². The minimum atomic E-state index is -0.516. The van der Waals surface area contributed by atoms with E-state index in [-0.39, 0.29) is 12.0 Å². The first kappa shape index (κ1) is 21.9. The van der Waals surface area contributed by atoms with E-state index in [1.165, 1.54) is 0 Å². The van der Waals surface area contributed by atoms with Crippen molar-refractivity contribution in [2.75, 3.05) is 40.4 Å². The third-order valence-electron chi connectivity index (χ3n) is 4.58. The van der Waals surface area contributed by atoms with Crippen LogP contribution in [0.5, 0.6) is 11.5 Å². The summed E-state index contributed by atoms with van der Waals surface area (Å²) in [5.74, 6) is 1.43. The molecule has 0 saturated carbocycles. The van der Waals surface area contributed by atoms with E-state index in [4.69, 9.17) is 14.2 Å². The monoisotopic (exact) mass is 392 g/mol. The fourth-order valence-electron chi connectivity index (χ4n) is 3.12. The summed E-state index contributed by atoms with van der Waals surface area (Å²) in [6.07, 6.45) is 1.49. The maximum absolute atomic E-state index is 12.6. The molecule has 1 aliphatic rings. The second-order valence-corrected chi connectivity index (χ2v) is 7.89. The van der Waals surface area contributed by atoms with Gasteiger partial charge in [-0.05, 0) is 51.3 Å². The van der Waals surface area contributed by atoms with Crippen molar-refractivity contribution < 1.29 is 23.8 Å². The molecule has 1 heterocycles. The molecule has 28 heavy (non-hydrogen) atoms. The lowest BCUT2D eigenvalue weighted by molar-refractivity contribution is -0.131. The van der Waals surface area contributed by atoms with Crippen molar-refractivity contribution in [1.82, 2.24) is 9.80 Å². The van der Waals surface area contributed by atoms with E-state index in [1.54, 1.807) is 19.1 Å². The number of nitrogens with zero attached hydrogens (tertiary/aromatic N) is 2. The number of carbonyl (C=O) groups is 2. The zero-order chi connectivity index (χ0) is 20.7. The molecule has 7 heteroatoms. The minimum absolute atomic E-state index is 0.0980. The Hall–Kier alpha value is -2.44. The molecule has 0 aliphatic carbocycles. The van der Waals surface area contributed by atoms with E-state index in [1.807, 2.05) is 43.9 Å². The first-order chi connectivity index (χ1) is 13.2. The highest BCUT2D eigenvalue weighted by molar-refractivity contribution is 5.76. The van der Waals surface area contributed by atoms with E-state index in [9.17, 15) is 9.59 Å². The first-order valence-electron chi connectivity index (χ1n) is 9.70. The summed E-state index contributed by atoms with van der Waals surface area (Å²) in [4.78, 5) is 28.4. The Labute approximate surface area is 167 Å². The van der Waals surface area contributed by atoms with E-state index in [0.717, 1.165) is 12.0 Å². The number of ether oxygens (including phenoxy) is 3. The van der Waals surface area contributed by atoms with Crippen molar-refractivity contribution in [3.63, 3.8) is 0 Å². The lowest BCUT2D eigenvalue weighted by Crippen LogP contribution is -2.40. The predicted molar refractivity (Wildman–Crippen MR) is 107 cm³/mol. The van der Waals surface area contributed by atoms with Crippen LogP contribution in [0, 0.1) is 0 Å². The van der Waals surface area contributed by atoms with Crippen molar-refractivity contribution in [2.45, 2.75) is 45.6 Å². The van der Waals surface area contributed by atoms with E-state index in [2.05, 4.69) is 0 Å². The third-order valence-corrected chi connectivity index (χ3v) is 4.58. The van der Waals surface area contributed by atoms with Gasteiger partial charge in [0.25, 0.3) is 0 Å². The minimum Gasteiger partial charge on any atom is -0.493 e. The van der Waals surface area contributed by atoms with Crippen molar-refractivity contribution in [3.8, 4) is 11.5 Å². The van der Waals surface area contributed by atoms with Crippen molar-refractivity contribution >= 4 is 12.0 Å². The zero-order valence-corrected chi connectivity index (χ0v) is 17.6. The van der Waals surface area contributed by atoms with Gasteiger partial charge < -0.3 is 24.0 Å². The standard InChI is InChI=1S/C21H32N2O5/c1-21(2,3)28-20(25)23-12-6-11-22(13-14-23)19(24)10-8-16-7-9-17(26-4)18(15-16)27-5/h7,9,15H,6,8,10-14H2,1-5H3. The van der Waals surface area contributed by atoms with Crippen LogP contribution in [0.3, 0.4) is 0 Å². The molecule has 7 nitrogen and oxygen atoms in total. The molecule has 1 aromatic carbocycles. The average Bonchev–Trinajstić information content (AvgIpc) is 2.90. The predicted octanol–water partition coefficient (Wildman–Crippen LogP) is 3.11. The topological polar surface area (TPSA) is 68.3 Å². The Kier molecular flexibility index (Phi) is 7.54. The molecule has 0 unspecified atom stereocenters. The molecule has 0 atom stereocenters. The van der Waals surface area contributed by atoms with Crippen LogP contribution in [0.15, 0.2) is 18.2 Å². The summed E-state index contributed by atoms with van der Waals surface area (Å²) in [6.45, 7) is 7.85. The molecule has 0 N–H and O–H groups in total. The molecule has 1 aliphatic heterocycles. The second kappa shape index (κ2) is 9.66. The molecule has 0 aromatic heterocycles. The number of aryl methyl sites for hydroxylation is 1. The van der Waals surface area contributed by atoms with Gasteiger partial charge in [-0.1, -0.05) is 6.07 Å². The van der Waals surface area contributed by atoms with Crippen LogP contribution in [0.2, 0.25) is 0 Å². The van der Waals surface area contributed by atoms with Crippen LogP contribution >= 0.6 is 0 Å². The smallest absolute Gasteiger partial charge is 0.410 e. The highest BCUT2D eigenvalue weighted by atomic mass is 16.6. The summed E-state index contributed by atoms with van der Waals surface area (Å²) in [5, 5.41) is 0. The Balaban J connectivity index is 1.87. The summed E-state index contributed by atoms with van der Waals surface area (Å²) in [5.41, 5.74) is 0.509. The lowest BCUT2D eigenvalue weighted by Gasteiger charge is -2.26. The quantitative estimate of drug-likeness (QED) is 0.770. The molecule has 0 radical (unpaired) electrons. The van der Waals surface area contributed by atoms with Gasteiger partial charge in [0.15, 0.2) is 11.5 Å². The number of benzene rings is 1. The molecule has 2 rings (SSSR count). The van der Waals surface area contributed by atoms with E-state index in [0.29, 0.717) is 50.5 Å².